The van der Waals surface area contributed by atoms with Crippen LogP contribution in [0.1, 0.15) is 330 Å². The maximum Gasteiger partial charge on any atom is 0.472 e. The molecule has 0 spiro atoms. The number of hydrogen-bond acceptors (Lipinski definition) is 15. The lowest BCUT2D eigenvalue weighted by atomic mass is 10.00. The van der Waals surface area contributed by atoms with Gasteiger partial charge >= 0.3 is 39.5 Å². The van der Waals surface area contributed by atoms with E-state index in [9.17, 15) is 43.2 Å². The Morgan fingerprint density at radius 3 is 0.845 bits per heavy atom. The average molecular weight is 1240 g/mol. The summed E-state index contributed by atoms with van der Waals surface area (Å²) in [6, 6.07) is 0. The van der Waals surface area contributed by atoms with Gasteiger partial charge in [0.05, 0.1) is 26.4 Å². The van der Waals surface area contributed by atoms with Crippen molar-refractivity contribution in [1.82, 2.24) is 0 Å². The number of unbranched alkanes of at least 4 members (excludes halogenated alkanes) is 36. The van der Waals surface area contributed by atoms with E-state index in [2.05, 4.69) is 34.6 Å². The number of aliphatic hydroxyl groups is 1. The topological polar surface area (TPSA) is 237 Å². The van der Waals surface area contributed by atoms with E-state index in [0.717, 1.165) is 95.8 Å². The molecule has 0 aromatic heterocycles. The van der Waals surface area contributed by atoms with Crippen LogP contribution < -0.4 is 0 Å². The second-order valence-corrected chi connectivity index (χ2v) is 26.7. The van der Waals surface area contributed by atoms with Crippen LogP contribution in [0.4, 0.5) is 0 Å². The van der Waals surface area contributed by atoms with Gasteiger partial charge in [-0.25, -0.2) is 9.13 Å². The number of phosphoric ester groups is 2. The molecule has 498 valence electrons. The highest BCUT2D eigenvalue weighted by Crippen LogP contribution is 2.45. The molecule has 0 fully saturated rings. The summed E-state index contributed by atoms with van der Waals surface area (Å²) in [6.07, 6.45) is 43.0. The van der Waals surface area contributed by atoms with Crippen LogP contribution in [0.3, 0.4) is 0 Å². The molecule has 0 bridgehead atoms. The third-order valence-electron chi connectivity index (χ3n) is 15.4. The van der Waals surface area contributed by atoms with Crippen molar-refractivity contribution in [3.63, 3.8) is 0 Å². The minimum atomic E-state index is -4.94. The van der Waals surface area contributed by atoms with Crippen molar-refractivity contribution in [2.75, 3.05) is 39.6 Å². The van der Waals surface area contributed by atoms with E-state index in [0.29, 0.717) is 25.7 Å². The number of rotatable bonds is 65. The Labute approximate surface area is 511 Å². The summed E-state index contributed by atoms with van der Waals surface area (Å²) in [5.74, 6) is -1.41. The molecule has 0 aromatic rings. The van der Waals surface area contributed by atoms with Crippen LogP contribution in [0.5, 0.6) is 0 Å². The predicted octanol–water partition coefficient (Wildman–Crippen LogP) is 18.2. The quantitative estimate of drug-likeness (QED) is 0.0222. The highest BCUT2D eigenvalue weighted by molar-refractivity contribution is 7.47. The van der Waals surface area contributed by atoms with Gasteiger partial charge in [-0.15, -0.1) is 0 Å². The molecule has 0 aliphatic heterocycles. The van der Waals surface area contributed by atoms with Crippen molar-refractivity contribution in [2.45, 2.75) is 348 Å². The van der Waals surface area contributed by atoms with Crippen LogP contribution in [-0.4, -0.2) is 96.7 Å². The summed E-state index contributed by atoms with van der Waals surface area (Å²) in [5.41, 5.74) is 0. The van der Waals surface area contributed by atoms with Crippen molar-refractivity contribution >= 4 is 39.5 Å². The molecule has 84 heavy (non-hydrogen) atoms. The molecule has 6 atom stereocenters. The third-order valence-corrected chi connectivity index (χ3v) is 17.3. The Hall–Kier alpha value is -1.94. The number of carbonyl (C=O) groups is 4. The van der Waals surface area contributed by atoms with Gasteiger partial charge in [0.1, 0.15) is 19.3 Å². The van der Waals surface area contributed by atoms with E-state index in [-0.39, 0.29) is 25.7 Å². The fraction of sp³-hybridized carbons (Fsp3) is 0.938. The van der Waals surface area contributed by atoms with Crippen LogP contribution >= 0.6 is 15.6 Å². The first kappa shape index (κ1) is 82.1. The number of phosphoric acid groups is 2. The normalized spacial score (nSPS) is 14.5. The molecule has 0 saturated heterocycles. The lowest BCUT2D eigenvalue weighted by Gasteiger charge is -2.21. The first-order valence-electron chi connectivity index (χ1n) is 34.2. The summed E-state index contributed by atoms with van der Waals surface area (Å²) in [4.78, 5) is 72.2. The van der Waals surface area contributed by atoms with E-state index < -0.39 is 97.5 Å². The minimum absolute atomic E-state index is 0.103. The first-order valence-corrected chi connectivity index (χ1v) is 37.2. The Bertz CT molecular complexity index is 1640. The Balaban J connectivity index is 5.24. The fourth-order valence-electron chi connectivity index (χ4n) is 9.73. The third kappa shape index (κ3) is 57.8. The lowest BCUT2D eigenvalue weighted by Crippen LogP contribution is -2.30. The largest absolute Gasteiger partial charge is 0.472 e. The van der Waals surface area contributed by atoms with E-state index in [1.165, 1.54) is 154 Å². The van der Waals surface area contributed by atoms with Gasteiger partial charge in [-0.2, -0.15) is 0 Å². The summed E-state index contributed by atoms with van der Waals surface area (Å²) >= 11 is 0. The highest BCUT2D eigenvalue weighted by atomic mass is 31.2. The van der Waals surface area contributed by atoms with Crippen molar-refractivity contribution in [3.05, 3.63) is 0 Å². The molecule has 3 N–H and O–H groups in total. The smallest absolute Gasteiger partial charge is 0.462 e. The molecule has 0 saturated carbocycles. The predicted molar refractivity (Wildman–Crippen MR) is 335 cm³/mol. The second kappa shape index (κ2) is 58.7. The molecule has 0 aliphatic rings. The number of ether oxygens (including phenoxy) is 4. The van der Waals surface area contributed by atoms with E-state index in [1.54, 1.807) is 0 Å². The summed E-state index contributed by atoms with van der Waals surface area (Å²) in [5, 5.41) is 10.5. The number of hydrogen-bond donors (Lipinski definition) is 3. The first-order chi connectivity index (χ1) is 40.6. The zero-order valence-corrected chi connectivity index (χ0v) is 55.8. The van der Waals surface area contributed by atoms with Gasteiger partial charge in [-0.05, 0) is 31.6 Å². The van der Waals surface area contributed by atoms with Crippen LogP contribution in [0.15, 0.2) is 0 Å². The van der Waals surface area contributed by atoms with Gasteiger partial charge in [0.2, 0.25) is 0 Å². The van der Waals surface area contributed by atoms with E-state index in [1.807, 2.05) is 0 Å². The molecule has 0 heterocycles. The summed E-state index contributed by atoms with van der Waals surface area (Å²) < 4.78 is 68.0. The van der Waals surface area contributed by atoms with Gasteiger partial charge in [-0.3, -0.25) is 37.3 Å². The second-order valence-electron chi connectivity index (χ2n) is 23.7. The van der Waals surface area contributed by atoms with E-state index in [4.69, 9.17) is 37.0 Å². The standard InChI is InChI=1S/C65H126O17P2/c1-6-10-13-16-19-22-24-26-28-31-34-40-45-50-64(69)81-60(54-76-63(68)49-44-39-33-30-27-25-23-20-17-14-11-7-2)56-79-83(71,72)77-52-59(66)53-78-84(73,74)80-57-61(55-75-62(67)48-43-38-32-29-21-18-15-12-8-3)82-65(70)51-46-41-36-35-37-42-47-58(5)9-4/h58-61,66H,6-57H2,1-5H3,(H,71,72)(H,73,74)/t58?,59-,60-,61-/m1/s1. The SMILES string of the molecule is CCCCCCCCCCCCCCCC(=O)O[C@H](COC(=O)CCCCCCCCCCCCCC)COP(=O)(O)OC[C@@H](O)COP(=O)(O)OC[C@@H](COC(=O)CCCCCCCCCCC)OC(=O)CCCCCCCCC(C)CC. The van der Waals surface area contributed by atoms with Crippen molar-refractivity contribution < 1.29 is 80.2 Å². The van der Waals surface area contributed by atoms with E-state index >= 15 is 0 Å². The lowest BCUT2D eigenvalue weighted by molar-refractivity contribution is -0.161. The maximum atomic E-state index is 13.0. The Morgan fingerprint density at radius 2 is 0.571 bits per heavy atom. The zero-order chi connectivity index (χ0) is 62.0. The average Bonchev–Trinajstić information content (AvgIpc) is 3.53. The van der Waals surface area contributed by atoms with Gasteiger partial charge in [-0.1, -0.05) is 279 Å². The zero-order valence-electron chi connectivity index (χ0n) is 54.0. The molecule has 0 aliphatic carbocycles. The van der Waals surface area contributed by atoms with Crippen LogP contribution in [0.2, 0.25) is 0 Å². The van der Waals surface area contributed by atoms with Crippen molar-refractivity contribution in [3.8, 4) is 0 Å². The highest BCUT2D eigenvalue weighted by Gasteiger charge is 2.30. The van der Waals surface area contributed by atoms with Crippen molar-refractivity contribution in [2.24, 2.45) is 5.92 Å². The van der Waals surface area contributed by atoms with Gasteiger partial charge in [0, 0.05) is 25.7 Å². The fourth-order valence-corrected chi connectivity index (χ4v) is 11.3. The molecular formula is C65H126O17P2. The molecule has 3 unspecified atom stereocenters. The summed E-state index contributed by atoms with van der Waals surface area (Å²) in [7, 11) is -9.89. The molecule has 0 radical (unpaired) electrons. The van der Waals surface area contributed by atoms with Crippen LogP contribution in [0, 0.1) is 5.92 Å². The van der Waals surface area contributed by atoms with Gasteiger partial charge < -0.3 is 33.8 Å². The maximum absolute atomic E-state index is 13.0. The molecule has 17 nitrogen and oxygen atoms in total. The Kier molecular flexibility index (Phi) is 57.4. The van der Waals surface area contributed by atoms with Gasteiger partial charge in [0.25, 0.3) is 0 Å². The van der Waals surface area contributed by atoms with Gasteiger partial charge in [0.15, 0.2) is 12.2 Å². The monoisotopic (exact) mass is 1240 g/mol. The van der Waals surface area contributed by atoms with Crippen LogP contribution in [0.25, 0.3) is 0 Å². The molecule has 0 amide bonds. The molecular weight excluding hydrogens is 1110 g/mol. The minimum Gasteiger partial charge on any atom is -0.462 e. The molecule has 0 aromatic carbocycles. The van der Waals surface area contributed by atoms with Crippen LogP contribution in [-0.2, 0) is 65.4 Å². The molecule has 0 rings (SSSR count). The Morgan fingerprint density at radius 1 is 0.333 bits per heavy atom. The summed E-state index contributed by atoms with van der Waals surface area (Å²) in [6.45, 7) is 7.14. The number of carbonyl (C=O) groups excluding carboxylic acids is 4. The van der Waals surface area contributed by atoms with Crippen molar-refractivity contribution in [1.29, 1.82) is 0 Å². The molecule has 19 heteroatoms. The number of esters is 4. The number of aliphatic hydroxyl groups excluding tert-OH is 1.